The predicted octanol–water partition coefficient (Wildman–Crippen LogP) is 7.75. The Balaban J connectivity index is 0.000000672. The van der Waals surface area contributed by atoms with Crippen molar-refractivity contribution in [3.05, 3.63) is 77.6 Å². The maximum absolute atomic E-state index is 14.8. The highest BCUT2D eigenvalue weighted by Crippen LogP contribution is 2.33. The first-order valence-electron chi connectivity index (χ1n) is 11.3. The summed E-state index contributed by atoms with van der Waals surface area (Å²) in [6, 6.07) is 18.7. The molecule has 1 heterocycles. The second-order valence-electron chi connectivity index (χ2n) is 8.47. The third-order valence-electron chi connectivity index (χ3n) is 6.06. The zero-order valence-corrected chi connectivity index (χ0v) is 19.9. The molecule has 1 aliphatic rings. The Kier molecular flexibility index (Phi) is 7.41. The summed E-state index contributed by atoms with van der Waals surface area (Å²) in [5, 5.41) is 17.7. The average Bonchev–Trinajstić information content (AvgIpc) is 3.50. The van der Waals surface area contributed by atoms with Crippen molar-refractivity contribution in [1.82, 2.24) is 4.98 Å². The number of carboxylic acid groups (broad SMARTS) is 2. The van der Waals surface area contributed by atoms with Crippen LogP contribution in [0.15, 0.2) is 60.7 Å². The smallest absolute Gasteiger partial charge is 0.450 e. The summed E-state index contributed by atoms with van der Waals surface area (Å²) in [6.07, 6.45) is 2.44. The molecule has 0 radical (unpaired) electrons. The molecule has 1 saturated carbocycles. The number of nitrogens with zero attached hydrogens (tertiary/aromatic N) is 1. The molecular weight excluding hydrogens is 467 g/mol. The molecule has 3 aromatic carbocycles. The quantitative estimate of drug-likeness (QED) is 0.246. The van der Waals surface area contributed by atoms with Gasteiger partial charge in [0, 0.05) is 11.5 Å². The number of thiazole rings is 1. The van der Waals surface area contributed by atoms with Crippen LogP contribution in [-0.4, -0.2) is 27.1 Å². The molecule has 8 heteroatoms. The number of ketones is 1. The maximum Gasteiger partial charge on any atom is 0.503 e. The predicted molar refractivity (Wildman–Crippen MR) is 136 cm³/mol. The topological polar surface area (TPSA) is 99.5 Å². The van der Waals surface area contributed by atoms with Crippen molar-refractivity contribution < 1.29 is 24.2 Å². The Bertz CT molecular complexity index is 1360. The van der Waals surface area contributed by atoms with Gasteiger partial charge in [0.05, 0.1) is 15.9 Å². The van der Waals surface area contributed by atoms with Crippen molar-refractivity contribution in [2.45, 2.75) is 32.6 Å². The summed E-state index contributed by atoms with van der Waals surface area (Å²) in [4.78, 5) is 25.7. The van der Waals surface area contributed by atoms with Gasteiger partial charge in [-0.1, -0.05) is 66.6 Å². The number of aryl methyl sites for hydroxylation is 1. The molecule has 35 heavy (non-hydrogen) atoms. The third-order valence-corrected chi connectivity index (χ3v) is 7.00. The standard InChI is InChI=1S/C26H23FN2OS.CH2O3/c1-16-5-4-8-23-24(16)29-26(31-23)28-22-14-13-20(15-21(22)27)17-9-11-19(12-10-17)25(30)18-6-2-3-7-18;2-1(3)4/h4-5,8-15,18H,2-3,6-7H2,1H3,(H,28,29);(H2,2,3,4). The number of carbonyl (C=O) groups excluding carboxylic acids is 1. The average molecular weight is 493 g/mol. The fraction of sp³-hybridized carbons (Fsp3) is 0.222. The highest BCUT2D eigenvalue weighted by molar-refractivity contribution is 7.22. The van der Waals surface area contributed by atoms with Crippen LogP contribution >= 0.6 is 11.3 Å². The molecule has 180 valence electrons. The van der Waals surface area contributed by atoms with Crippen molar-refractivity contribution in [3.8, 4) is 11.1 Å². The molecular formula is C27H25FN2O4S. The Labute approximate surface area is 206 Å². The minimum absolute atomic E-state index is 0.167. The van der Waals surface area contributed by atoms with E-state index in [9.17, 15) is 9.18 Å². The van der Waals surface area contributed by atoms with Gasteiger partial charge in [0.2, 0.25) is 0 Å². The lowest BCUT2D eigenvalue weighted by Crippen LogP contribution is -2.10. The number of rotatable bonds is 5. The van der Waals surface area contributed by atoms with E-state index in [1.807, 2.05) is 55.5 Å². The number of anilines is 2. The minimum Gasteiger partial charge on any atom is -0.450 e. The number of carbonyl (C=O) groups is 2. The Hall–Kier alpha value is -3.78. The second-order valence-corrected chi connectivity index (χ2v) is 9.50. The molecule has 5 rings (SSSR count). The molecule has 1 fully saturated rings. The van der Waals surface area contributed by atoms with Crippen LogP contribution in [0.3, 0.4) is 0 Å². The molecule has 1 aliphatic carbocycles. The van der Waals surface area contributed by atoms with Gasteiger partial charge < -0.3 is 15.5 Å². The van der Waals surface area contributed by atoms with Crippen LogP contribution < -0.4 is 5.32 Å². The van der Waals surface area contributed by atoms with E-state index >= 15 is 0 Å². The van der Waals surface area contributed by atoms with Crippen molar-refractivity contribution in [3.63, 3.8) is 0 Å². The van der Waals surface area contributed by atoms with Crippen molar-refractivity contribution >= 4 is 44.3 Å². The summed E-state index contributed by atoms with van der Waals surface area (Å²) < 4.78 is 15.9. The van der Waals surface area contributed by atoms with E-state index in [1.165, 1.54) is 17.4 Å². The van der Waals surface area contributed by atoms with Crippen molar-refractivity contribution in [2.24, 2.45) is 5.92 Å². The summed E-state index contributed by atoms with van der Waals surface area (Å²) in [7, 11) is 0. The van der Waals surface area contributed by atoms with Crippen molar-refractivity contribution in [1.29, 1.82) is 0 Å². The summed E-state index contributed by atoms with van der Waals surface area (Å²) in [5.74, 6) is 0.0698. The first kappa shape index (κ1) is 24.3. The second kappa shape index (κ2) is 10.7. The van der Waals surface area contributed by atoms with Gasteiger partial charge in [-0.15, -0.1) is 0 Å². The SMILES string of the molecule is Cc1cccc2sc(Nc3ccc(-c4ccc(C(=O)C5CCCC5)cc4)cc3F)nc12.O=C(O)O. The lowest BCUT2D eigenvalue weighted by molar-refractivity contribution is 0.0922. The first-order chi connectivity index (χ1) is 16.8. The molecule has 4 aromatic rings. The number of hydrogen-bond donors (Lipinski definition) is 3. The molecule has 1 aromatic heterocycles. The van der Waals surface area contributed by atoms with Gasteiger partial charge in [0.25, 0.3) is 0 Å². The van der Waals surface area contributed by atoms with E-state index in [0.717, 1.165) is 58.2 Å². The van der Waals surface area contributed by atoms with E-state index in [2.05, 4.69) is 10.3 Å². The van der Waals surface area contributed by atoms with Crippen molar-refractivity contribution in [2.75, 3.05) is 5.32 Å². The number of para-hydroxylation sites is 1. The number of Topliss-reactive ketones (excluding diaryl/α,β-unsaturated/α-hetero) is 1. The van der Waals surface area contributed by atoms with Crippen LogP contribution in [-0.2, 0) is 0 Å². The summed E-state index contributed by atoms with van der Waals surface area (Å²) >= 11 is 1.51. The van der Waals surface area contributed by atoms with Crippen LogP contribution in [0.4, 0.5) is 20.0 Å². The number of nitrogens with one attached hydrogen (secondary N) is 1. The Morgan fingerprint density at radius 2 is 1.66 bits per heavy atom. The molecule has 0 unspecified atom stereocenters. The van der Waals surface area contributed by atoms with Crippen LogP contribution in [0, 0.1) is 18.7 Å². The maximum atomic E-state index is 14.8. The van der Waals surface area contributed by atoms with E-state index in [4.69, 9.17) is 15.0 Å². The van der Waals surface area contributed by atoms with Gasteiger partial charge >= 0.3 is 6.16 Å². The van der Waals surface area contributed by atoms with Gasteiger partial charge in [-0.3, -0.25) is 4.79 Å². The summed E-state index contributed by atoms with van der Waals surface area (Å²) in [6.45, 7) is 2.02. The van der Waals surface area contributed by atoms with Crippen LogP contribution in [0.1, 0.15) is 41.6 Å². The van der Waals surface area contributed by atoms with Gasteiger partial charge in [0.15, 0.2) is 10.9 Å². The molecule has 0 saturated heterocycles. The van der Waals surface area contributed by atoms with E-state index in [0.29, 0.717) is 10.8 Å². The van der Waals surface area contributed by atoms with E-state index < -0.39 is 6.16 Å². The molecule has 0 spiro atoms. The van der Waals surface area contributed by atoms with Gasteiger partial charge in [-0.2, -0.15) is 0 Å². The minimum atomic E-state index is -1.83. The Morgan fingerprint density at radius 3 is 2.29 bits per heavy atom. The molecule has 0 aliphatic heterocycles. The fourth-order valence-electron chi connectivity index (χ4n) is 4.30. The Morgan fingerprint density at radius 1 is 1.00 bits per heavy atom. The number of benzene rings is 3. The van der Waals surface area contributed by atoms with Crippen LogP contribution in [0.2, 0.25) is 0 Å². The van der Waals surface area contributed by atoms with E-state index in [1.54, 1.807) is 6.07 Å². The highest BCUT2D eigenvalue weighted by Gasteiger charge is 2.23. The zero-order valence-electron chi connectivity index (χ0n) is 19.1. The fourth-order valence-corrected chi connectivity index (χ4v) is 5.26. The van der Waals surface area contributed by atoms with E-state index in [-0.39, 0.29) is 17.5 Å². The third kappa shape index (κ3) is 5.84. The molecule has 6 nitrogen and oxygen atoms in total. The highest BCUT2D eigenvalue weighted by atomic mass is 32.1. The van der Waals surface area contributed by atoms with Crippen LogP contribution in [0.5, 0.6) is 0 Å². The number of halogens is 1. The lowest BCUT2D eigenvalue weighted by Gasteiger charge is -2.10. The molecule has 0 bridgehead atoms. The monoisotopic (exact) mass is 492 g/mol. The first-order valence-corrected chi connectivity index (χ1v) is 12.1. The zero-order chi connectivity index (χ0) is 24.9. The molecule has 0 amide bonds. The number of fused-ring (bicyclic) bond motifs is 1. The number of aromatic nitrogens is 1. The normalized spacial score (nSPS) is 13.3. The molecule has 0 atom stereocenters. The number of hydrogen-bond acceptors (Lipinski definition) is 5. The van der Waals surface area contributed by atoms with Gasteiger partial charge in [0.1, 0.15) is 5.82 Å². The molecule has 3 N–H and O–H groups in total. The van der Waals surface area contributed by atoms with Gasteiger partial charge in [-0.25, -0.2) is 14.2 Å². The largest absolute Gasteiger partial charge is 0.503 e. The van der Waals surface area contributed by atoms with Crippen LogP contribution in [0.25, 0.3) is 21.3 Å². The summed E-state index contributed by atoms with van der Waals surface area (Å²) in [5.41, 5.74) is 4.87. The van der Waals surface area contributed by atoms with Gasteiger partial charge in [-0.05, 0) is 54.7 Å². The lowest BCUT2D eigenvalue weighted by atomic mass is 9.94.